The highest BCUT2D eigenvalue weighted by molar-refractivity contribution is 7.92. The molecule has 0 saturated carbocycles. The van der Waals surface area contributed by atoms with Gasteiger partial charge in [-0.25, -0.2) is 8.42 Å². The van der Waals surface area contributed by atoms with Crippen LogP contribution in [0.25, 0.3) is 0 Å². The number of sulfonamides is 1. The number of hydrogen-bond acceptors (Lipinski definition) is 5. The molecule has 136 valence electrons. The molecule has 0 fully saturated rings. The number of halogens is 1. The molecule has 0 unspecified atom stereocenters. The summed E-state index contributed by atoms with van der Waals surface area (Å²) in [7, 11) is 1.61. The lowest BCUT2D eigenvalue weighted by Gasteiger charge is -2.13. The van der Waals surface area contributed by atoms with Crippen LogP contribution in [0.3, 0.4) is 0 Å². The smallest absolute Gasteiger partial charge is 0.265 e. The fourth-order valence-corrected chi connectivity index (χ4v) is 3.64. The van der Waals surface area contributed by atoms with Crippen molar-refractivity contribution in [2.24, 2.45) is 0 Å². The van der Waals surface area contributed by atoms with Crippen molar-refractivity contribution >= 4 is 33.0 Å². The third-order valence-electron chi connectivity index (χ3n) is 3.44. The van der Waals surface area contributed by atoms with E-state index in [1.54, 1.807) is 18.2 Å². The summed E-state index contributed by atoms with van der Waals surface area (Å²) in [6.07, 6.45) is 0. The lowest BCUT2D eigenvalue weighted by atomic mass is 10.3. The number of methoxy groups -OCH3 is 1. The Hall–Kier alpha value is -1.96. The van der Waals surface area contributed by atoms with Gasteiger partial charge in [-0.2, -0.15) is 0 Å². The monoisotopic (exact) mass is 383 g/mol. The fourth-order valence-electron chi connectivity index (χ4n) is 2.15. The molecule has 2 rings (SSSR count). The first-order valence-electron chi connectivity index (χ1n) is 7.67. The molecule has 0 aliphatic carbocycles. The molecule has 25 heavy (non-hydrogen) atoms. The second-order valence-corrected chi connectivity index (χ2v) is 7.80. The van der Waals surface area contributed by atoms with Crippen LogP contribution >= 0.6 is 11.6 Å². The summed E-state index contributed by atoms with van der Waals surface area (Å²) in [4.78, 5) is 2.07. The van der Waals surface area contributed by atoms with Crippen LogP contribution < -0.4 is 14.8 Å². The number of nitrogens with one attached hydrogen (secondary N) is 2. The maximum Gasteiger partial charge on any atom is 0.265 e. The molecule has 0 heterocycles. The van der Waals surface area contributed by atoms with Crippen LogP contribution in [-0.2, 0) is 10.0 Å². The Bertz CT molecular complexity index is 808. The van der Waals surface area contributed by atoms with Crippen LogP contribution in [0.1, 0.15) is 0 Å². The second-order valence-electron chi connectivity index (χ2n) is 5.71. The van der Waals surface area contributed by atoms with E-state index in [1.807, 2.05) is 26.2 Å². The van der Waals surface area contributed by atoms with E-state index in [4.69, 9.17) is 16.3 Å². The quantitative estimate of drug-likeness (QED) is 0.732. The minimum absolute atomic E-state index is 0.00400. The molecule has 0 saturated heterocycles. The van der Waals surface area contributed by atoms with E-state index in [0.717, 1.165) is 18.8 Å². The normalized spacial score (nSPS) is 11.4. The standard InChI is InChI=1S/C17H22ClN3O3S/c1-21(2)11-10-19-14-5-7-15(8-6-14)20-25(22,23)17-12-13(18)4-9-16(17)24-3/h4-9,12,19-20H,10-11H2,1-3H3. The Kier molecular flexibility index (Phi) is 6.52. The molecular weight excluding hydrogens is 362 g/mol. The van der Waals surface area contributed by atoms with Gasteiger partial charge in [-0.15, -0.1) is 0 Å². The van der Waals surface area contributed by atoms with E-state index in [-0.39, 0.29) is 10.6 Å². The average molecular weight is 384 g/mol. The molecular formula is C17H22ClN3O3S. The Balaban J connectivity index is 2.12. The molecule has 2 N–H and O–H groups in total. The zero-order valence-corrected chi connectivity index (χ0v) is 16.0. The zero-order chi connectivity index (χ0) is 18.4. The Morgan fingerprint density at radius 1 is 1.08 bits per heavy atom. The van der Waals surface area contributed by atoms with Crippen molar-refractivity contribution in [1.29, 1.82) is 0 Å². The van der Waals surface area contributed by atoms with Crippen molar-refractivity contribution in [2.45, 2.75) is 4.90 Å². The van der Waals surface area contributed by atoms with E-state index in [1.165, 1.54) is 19.2 Å². The van der Waals surface area contributed by atoms with E-state index >= 15 is 0 Å². The van der Waals surface area contributed by atoms with Gasteiger partial charge >= 0.3 is 0 Å². The lowest BCUT2D eigenvalue weighted by molar-refractivity contribution is 0.403. The molecule has 2 aromatic carbocycles. The lowest BCUT2D eigenvalue weighted by Crippen LogP contribution is -2.20. The summed E-state index contributed by atoms with van der Waals surface area (Å²) in [6.45, 7) is 1.71. The highest BCUT2D eigenvalue weighted by Crippen LogP contribution is 2.28. The van der Waals surface area contributed by atoms with Crippen LogP contribution in [0.2, 0.25) is 5.02 Å². The first-order valence-corrected chi connectivity index (χ1v) is 9.53. The predicted molar refractivity (Wildman–Crippen MR) is 102 cm³/mol. The van der Waals surface area contributed by atoms with Gasteiger partial charge in [0.05, 0.1) is 7.11 Å². The number of anilines is 2. The third-order valence-corrected chi connectivity index (χ3v) is 5.08. The number of likely N-dealkylation sites (N-methyl/N-ethyl adjacent to an activating group) is 1. The number of hydrogen-bond donors (Lipinski definition) is 2. The SMILES string of the molecule is COc1ccc(Cl)cc1S(=O)(=O)Nc1ccc(NCCN(C)C)cc1. The fraction of sp³-hybridized carbons (Fsp3) is 0.294. The van der Waals surface area contributed by atoms with Gasteiger partial charge in [0.15, 0.2) is 0 Å². The van der Waals surface area contributed by atoms with Crippen LogP contribution in [0.4, 0.5) is 11.4 Å². The molecule has 0 spiro atoms. The summed E-state index contributed by atoms with van der Waals surface area (Å²) in [5.41, 5.74) is 1.38. The maximum absolute atomic E-state index is 12.6. The van der Waals surface area contributed by atoms with Crippen LogP contribution in [0.15, 0.2) is 47.4 Å². The molecule has 0 amide bonds. The first-order chi connectivity index (χ1) is 11.8. The van der Waals surface area contributed by atoms with E-state index in [2.05, 4.69) is 14.9 Å². The summed E-state index contributed by atoms with van der Waals surface area (Å²) in [6, 6.07) is 11.5. The molecule has 0 aromatic heterocycles. The predicted octanol–water partition coefficient (Wildman–Crippen LogP) is 3.12. The molecule has 0 bridgehead atoms. The molecule has 0 aliphatic heterocycles. The third kappa shape index (κ3) is 5.52. The maximum atomic E-state index is 12.6. The van der Waals surface area contributed by atoms with Gasteiger partial charge in [0.1, 0.15) is 10.6 Å². The Morgan fingerprint density at radius 2 is 1.72 bits per heavy atom. The van der Waals surface area contributed by atoms with Crippen LogP contribution in [0.5, 0.6) is 5.75 Å². The van der Waals surface area contributed by atoms with Gasteiger partial charge in [-0.3, -0.25) is 4.72 Å². The molecule has 0 aliphatic rings. The van der Waals surface area contributed by atoms with Gasteiger partial charge in [0, 0.05) is 29.5 Å². The molecule has 0 radical (unpaired) electrons. The Morgan fingerprint density at radius 3 is 2.32 bits per heavy atom. The van der Waals surface area contributed by atoms with Gasteiger partial charge < -0.3 is 15.0 Å². The zero-order valence-electron chi connectivity index (χ0n) is 14.4. The van der Waals surface area contributed by atoms with Gasteiger partial charge in [-0.1, -0.05) is 11.6 Å². The van der Waals surface area contributed by atoms with E-state index in [9.17, 15) is 8.42 Å². The molecule has 6 nitrogen and oxygen atoms in total. The average Bonchev–Trinajstić information content (AvgIpc) is 2.56. The van der Waals surface area contributed by atoms with Crippen molar-refractivity contribution in [3.63, 3.8) is 0 Å². The summed E-state index contributed by atoms with van der Waals surface area (Å²) < 4.78 is 32.8. The van der Waals surface area contributed by atoms with Gasteiger partial charge in [-0.05, 0) is 56.6 Å². The highest BCUT2D eigenvalue weighted by atomic mass is 35.5. The van der Waals surface area contributed by atoms with Crippen molar-refractivity contribution in [2.75, 3.05) is 44.3 Å². The number of ether oxygens (including phenoxy) is 1. The van der Waals surface area contributed by atoms with Gasteiger partial charge in [0.2, 0.25) is 0 Å². The summed E-state index contributed by atoms with van der Waals surface area (Å²) in [5.74, 6) is 0.235. The topological polar surface area (TPSA) is 70.7 Å². The second kappa shape index (κ2) is 8.42. The Labute approximate surface area is 153 Å². The van der Waals surface area contributed by atoms with Crippen molar-refractivity contribution in [1.82, 2.24) is 4.90 Å². The van der Waals surface area contributed by atoms with Crippen molar-refractivity contribution in [3.8, 4) is 5.75 Å². The van der Waals surface area contributed by atoms with E-state index in [0.29, 0.717) is 10.7 Å². The number of benzene rings is 2. The minimum Gasteiger partial charge on any atom is -0.495 e. The van der Waals surface area contributed by atoms with E-state index < -0.39 is 10.0 Å². The summed E-state index contributed by atoms with van der Waals surface area (Å²) in [5, 5.41) is 3.59. The highest BCUT2D eigenvalue weighted by Gasteiger charge is 2.20. The first kappa shape index (κ1) is 19.4. The number of rotatable bonds is 8. The largest absolute Gasteiger partial charge is 0.495 e. The van der Waals surface area contributed by atoms with Crippen molar-refractivity contribution < 1.29 is 13.2 Å². The van der Waals surface area contributed by atoms with Crippen LogP contribution in [-0.4, -0.2) is 47.6 Å². The molecule has 8 heteroatoms. The summed E-state index contributed by atoms with van der Waals surface area (Å²) >= 11 is 5.91. The van der Waals surface area contributed by atoms with Crippen molar-refractivity contribution in [3.05, 3.63) is 47.5 Å². The number of nitrogens with zero attached hydrogens (tertiary/aromatic N) is 1. The molecule has 2 aromatic rings. The van der Waals surface area contributed by atoms with Gasteiger partial charge in [0.25, 0.3) is 10.0 Å². The minimum atomic E-state index is -3.81. The van der Waals surface area contributed by atoms with Crippen LogP contribution in [0, 0.1) is 0 Å². The molecule has 0 atom stereocenters.